The Hall–Kier alpha value is -0.830. The predicted molar refractivity (Wildman–Crippen MR) is 66.8 cm³/mol. The Morgan fingerprint density at radius 2 is 2.25 bits per heavy atom. The Kier molecular flexibility index (Phi) is 3.64. The molecule has 0 spiro atoms. The van der Waals surface area contributed by atoms with Gasteiger partial charge in [-0.2, -0.15) is 0 Å². The molecular formula is C13H15BrO2. The smallest absolute Gasteiger partial charge is 0.136 e. The average molecular weight is 283 g/mol. The van der Waals surface area contributed by atoms with Crippen molar-refractivity contribution in [3.05, 3.63) is 28.2 Å². The fraction of sp³-hybridized carbons (Fsp3) is 0.462. The summed E-state index contributed by atoms with van der Waals surface area (Å²) in [5, 5.41) is 0. The number of hydrogen-bond donors (Lipinski definition) is 0. The first-order valence-electron chi connectivity index (χ1n) is 5.59. The number of benzene rings is 1. The van der Waals surface area contributed by atoms with Gasteiger partial charge in [0.1, 0.15) is 17.6 Å². The Labute approximate surface area is 104 Å². The van der Waals surface area contributed by atoms with Crippen molar-refractivity contribution in [2.45, 2.75) is 38.7 Å². The van der Waals surface area contributed by atoms with E-state index >= 15 is 0 Å². The number of carbonyl (C=O) groups excluding carboxylic acids is 1. The van der Waals surface area contributed by atoms with Crippen LogP contribution >= 0.6 is 15.9 Å². The van der Waals surface area contributed by atoms with Crippen LogP contribution in [0.4, 0.5) is 0 Å². The molecule has 0 saturated heterocycles. The molecule has 0 radical (unpaired) electrons. The predicted octanol–water partition coefficient (Wildman–Crippen LogP) is 3.65. The Morgan fingerprint density at radius 3 is 2.94 bits per heavy atom. The quantitative estimate of drug-likeness (QED) is 0.828. The number of rotatable bonds is 2. The molecule has 1 aliphatic rings. The van der Waals surface area contributed by atoms with Gasteiger partial charge in [0.05, 0.1) is 4.47 Å². The zero-order chi connectivity index (χ0) is 11.5. The van der Waals surface area contributed by atoms with Gasteiger partial charge in [0, 0.05) is 12.8 Å². The van der Waals surface area contributed by atoms with E-state index < -0.39 is 0 Å². The summed E-state index contributed by atoms with van der Waals surface area (Å²) in [6.07, 6.45) is 3.26. The minimum atomic E-state index is 0.0558. The molecule has 1 saturated carbocycles. The minimum absolute atomic E-state index is 0.0558. The molecular weight excluding hydrogens is 268 g/mol. The lowest BCUT2D eigenvalue weighted by atomic mass is 9.96. The van der Waals surface area contributed by atoms with E-state index in [1.54, 1.807) is 0 Å². The highest BCUT2D eigenvalue weighted by Gasteiger charge is 2.21. The number of ketones is 1. The average Bonchev–Trinajstić information content (AvgIpc) is 2.22. The SMILES string of the molecule is Cc1ccc(OC2CCCC(=O)C2)c(Br)c1. The van der Waals surface area contributed by atoms with Gasteiger partial charge in [0.2, 0.25) is 0 Å². The third-order valence-corrected chi connectivity index (χ3v) is 3.44. The number of aryl methyl sites for hydroxylation is 1. The number of ether oxygens (including phenoxy) is 1. The van der Waals surface area contributed by atoms with Gasteiger partial charge in [-0.05, 0) is 53.4 Å². The van der Waals surface area contributed by atoms with Crippen LogP contribution in [0.5, 0.6) is 5.75 Å². The topological polar surface area (TPSA) is 26.3 Å². The molecule has 0 amide bonds. The molecule has 0 aliphatic heterocycles. The van der Waals surface area contributed by atoms with Gasteiger partial charge < -0.3 is 4.74 Å². The zero-order valence-electron chi connectivity index (χ0n) is 9.33. The molecule has 1 unspecified atom stereocenters. The molecule has 2 rings (SSSR count). The van der Waals surface area contributed by atoms with Crippen LogP contribution in [0.3, 0.4) is 0 Å². The lowest BCUT2D eigenvalue weighted by Gasteiger charge is -2.22. The van der Waals surface area contributed by atoms with Gasteiger partial charge in [-0.1, -0.05) is 6.07 Å². The van der Waals surface area contributed by atoms with Crippen molar-refractivity contribution in [2.75, 3.05) is 0 Å². The molecule has 0 N–H and O–H groups in total. The summed E-state index contributed by atoms with van der Waals surface area (Å²) in [5.41, 5.74) is 1.19. The standard InChI is InChI=1S/C13H15BrO2/c1-9-5-6-13(12(14)7-9)16-11-4-2-3-10(15)8-11/h5-7,11H,2-4,8H2,1H3. The largest absolute Gasteiger partial charge is 0.489 e. The Bertz CT molecular complexity index is 401. The van der Waals surface area contributed by atoms with E-state index in [0.29, 0.717) is 12.2 Å². The first-order valence-corrected chi connectivity index (χ1v) is 6.39. The van der Waals surface area contributed by atoms with E-state index in [-0.39, 0.29) is 6.10 Å². The molecule has 16 heavy (non-hydrogen) atoms. The summed E-state index contributed by atoms with van der Waals surface area (Å²) < 4.78 is 6.81. The van der Waals surface area contributed by atoms with E-state index in [2.05, 4.69) is 15.9 Å². The van der Waals surface area contributed by atoms with Crippen molar-refractivity contribution in [3.8, 4) is 5.75 Å². The number of Topliss-reactive ketones (excluding diaryl/α,β-unsaturated/α-hetero) is 1. The van der Waals surface area contributed by atoms with Crippen LogP contribution < -0.4 is 4.74 Å². The second-order valence-corrected chi connectivity index (χ2v) is 5.16. The van der Waals surface area contributed by atoms with Crippen LogP contribution in [0.15, 0.2) is 22.7 Å². The maximum atomic E-state index is 11.3. The van der Waals surface area contributed by atoms with Gasteiger partial charge >= 0.3 is 0 Å². The van der Waals surface area contributed by atoms with E-state index in [4.69, 9.17) is 4.74 Å². The summed E-state index contributed by atoms with van der Waals surface area (Å²) in [4.78, 5) is 11.3. The van der Waals surface area contributed by atoms with Crippen LogP contribution in [-0.2, 0) is 4.79 Å². The molecule has 2 nitrogen and oxygen atoms in total. The van der Waals surface area contributed by atoms with Gasteiger partial charge in [-0.25, -0.2) is 0 Å². The second-order valence-electron chi connectivity index (χ2n) is 4.31. The van der Waals surface area contributed by atoms with E-state index in [0.717, 1.165) is 29.5 Å². The number of halogens is 1. The molecule has 0 heterocycles. The van der Waals surface area contributed by atoms with Crippen molar-refractivity contribution in [1.29, 1.82) is 0 Å². The highest BCUT2D eigenvalue weighted by atomic mass is 79.9. The normalized spacial score (nSPS) is 20.9. The monoisotopic (exact) mass is 282 g/mol. The number of carbonyl (C=O) groups is 1. The maximum absolute atomic E-state index is 11.3. The number of hydrogen-bond acceptors (Lipinski definition) is 2. The van der Waals surface area contributed by atoms with Gasteiger partial charge in [0.15, 0.2) is 0 Å². The van der Waals surface area contributed by atoms with Crippen molar-refractivity contribution in [2.24, 2.45) is 0 Å². The molecule has 1 aliphatic carbocycles. The van der Waals surface area contributed by atoms with E-state index in [9.17, 15) is 4.79 Å². The van der Waals surface area contributed by atoms with Crippen LogP contribution in [0.2, 0.25) is 0 Å². The van der Waals surface area contributed by atoms with E-state index in [1.165, 1.54) is 5.56 Å². The molecule has 1 fully saturated rings. The fourth-order valence-electron chi connectivity index (χ4n) is 1.97. The maximum Gasteiger partial charge on any atom is 0.136 e. The molecule has 3 heteroatoms. The summed E-state index contributed by atoms with van der Waals surface area (Å²) in [5.74, 6) is 1.16. The van der Waals surface area contributed by atoms with E-state index in [1.807, 2.05) is 25.1 Å². The summed E-state index contributed by atoms with van der Waals surface area (Å²) >= 11 is 3.48. The molecule has 0 aromatic heterocycles. The van der Waals surface area contributed by atoms with Crippen LogP contribution in [0.1, 0.15) is 31.2 Å². The molecule has 1 aromatic rings. The first kappa shape index (κ1) is 11.6. The lowest BCUT2D eigenvalue weighted by Crippen LogP contribution is -2.25. The summed E-state index contributed by atoms with van der Waals surface area (Å²) in [6.45, 7) is 2.04. The van der Waals surface area contributed by atoms with Crippen LogP contribution in [0.25, 0.3) is 0 Å². The van der Waals surface area contributed by atoms with Crippen molar-refractivity contribution in [1.82, 2.24) is 0 Å². The lowest BCUT2D eigenvalue weighted by molar-refractivity contribution is -0.122. The zero-order valence-corrected chi connectivity index (χ0v) is 10.9. The summed E-state index contributed by atoms with van der Waals surface area (Å²) in [7, 11) is 0. The summed E-state index contributed by atoms with van der Waals surface area (Å²) in [6, 6.07) is 6.00. The molecule has 1 atom stereocenters. The minimum Gasteiger partial charge on any atom is -0.489 e. The highest BCUT2D eigenvalue weighted by Crippen LogP contribution is 2.29. The third kappa shape index (κ3) is 2.85. The Morgan fingerprint density at radius 1 is 1.44 bits per heavy atom. The molecule has 86 valence electrons. The fourth-order valence-corrected chi connectivity index (χ4v) is 2.55. The second kappa shape index (κ2) is 5.00. The van der Waals surface area contributed by atoms with Gasteiger partial charge in [0.25, 0.3) is 0 Å². The third-order valence-electron chi connectivity index (χ3n) is 2.82. The van der Waals surface area contributed by atoms with Crippen molar-refractivity contribution < 1.29 is 9.53 Å². The van der Waals surface area contributed by atoms with Crippen molar-refractivity contribution in [3.63, 3.8) is 0 Å². The highest BCUT2D eigenvalue weighted by molar-refractivity contribution is 9.10. The van der Waals surface area contributed by atoms with Gasteiger partial charge in [-0.3, -0.25) is 4.79 Å². The van der Waals surface area contributed by atoms with Crippen molar-refractivity contribution >= 4 is 21.7 Å². The molecule has 0 bridgehead atoms. The van der Waals surface area contributed by atoms with Gasteiger partial charge in [-0.15, -0.1) is 0 Å². The van der Waals surface area contributed by atoms with Crippen LogP contribution in [0, 0.1) is 6.92 Å². The molecule has 1 aromatic carbocycles. The Balaban J connectivity index is 2.05. The first-order chi connectivity index (χ1) is 7.65. The van der Waals surface area contributed by atoms with Crippen LogP contribution in [-0.4, -0.2) is 11.9 Å².